The van der Waals surface area contributed by atoms with Gasteiger partial charge >= 0.3 is 0 Å². The molecule has 0 radical (unpaired) electrons. The van der Waals surface area contributed by atoms with Gasteiger partial charge in [0.2, 0.25) is 5.89 Å². The highest BCUT2D eigenvalue weighted by Crippen LogP contribution is 2.20. The van der Waals surface area contributed by atoms with Gasteiger partial charge in [-0.2, -0.15) is 0 Å². The van der Waals surface area contributed by atoms with E-state index in [0.29, 0.717) is 11.6 Å². The second-order valence-electron chi connectivity index (χ2n) is 6.30. The van der Waals surface area contributed by atoms with Gasteiger partial charge in [0.1, 0.15) is 17.0 Å². The second-order valence-corrected chi connectivity index (χ2v) is 7.19. The van der Waals surface area contributed by atoms with Crippen molar-refractivity contribution in [1.29, 1.82) is 0 Å². The van der Waals surface area contributed by atoms with Crippen molar-refractivity contribution in [3.63, 3.8) is 0 Å². The Morgan fingerprint density at radius 2 is 2.21 bits per heavy atom. The van der Waals surface area contributed by atoms with E-state index in [1.165, 1.54) is 17.6 Å². The standard InChI is InChI=1S/C20H18N4O3S/c1-12-11-28-20(22-12)13(2)23-19(25)17-9-27-18(24-17)10-26-15-5-6-16-14(8-15)4-3-7-21-16/h3-9,11,13H,10H2,1-2H3,(H,23,25)/t13-/m1/s1. The number of ether oxygens (including phenoxy) is 1. The summed E-state index contributed by atoms with van der Waals surface area (Å²) in [5.74, 6) is 0.693. The first kappa shape index (κ1) is 18.1. The third-order valence-corrected chi connectivity index (χ3v) is 5.22. The normalized spacial score (nSPS) is 12.1. The van der Waals surface area contributed by atoms with Crippen molar-refractivity contribution < 1.29 is 13.9 Å². The maximum atomic E-state index is 12.4. The molecule has 0 unspecified atom stereocenters. The minimum atomic E-state index is -0.313. The van der Waals surface area contributed by atoms with Crippen LogP contribution in [0.4, 0.5) is 0 Å². The number of hydrogen-bond donors (Lipinski definition) is 1. The highest BCUT2D eigenvalue weighted by molar-refractivity contribution is 7.09. The summed E-state index contributed by atoms with van der Waals surface area (Å²) in [5.41, 5.74) is 2.04. The van der Waals surface area contributed by atoms with Gasteiger partial charge < -0.3 is 14.5 Å². The second kappa shape index (κ2) is 7.77. The van der Waals surface area contributed by atoms with Crippen LogP contribution in [0.3, 0.4) is 0 Å². The molecule has 0 saturated carbocycles. The molecule has 4 rings (SSSR count). The van der Waals surface area contributed by atoms with Crippen molar-refractivity contribution in [2.75, 3.05) is 0 Å². The fourth-order valence-corrected chi connectivity index (χ4v) is 3.48. The van der Waals surface area contributed by atoms with Gasteiger partial charge in [0.15, 0.2) is 12.3 Å². The third kappa shape index (κ3) is 4.01. The molecule has 7 nitrogen and oxygen atoms in total. The van der Waals surface area contributed by atoms with Crippen molar-refractivity contribution in [3.05, 3.63) is 70.5 Å². The summed E-state index contributed by atoms with van der Waals surface area (Å²) in [6.45, 7) is 3.93. The number of carbonyl (C=O) groups excluding carboxylic acids is 1. The Morgan fingerprint density at radius 1 is 1.32 bits per heavy atom. The van der Waals surface area contributed by atoms with Crippen LogP contribution in [-0.2, 0) is 6.61 Å². The van der Waals surface area contributed by atoms with E-state index in [2.05, 4.69) is 20.3 Å². The number of benzene rings is 1. The number of aromatic nitrogens is 3. The predicted octanol–water partition coefficient (Wildman–Crippen LogP) is 4.06. The fourth-order valence-electron chi connectivity index (χ4n) is 2.67. The van der Waals surface area contributed by atoms with E-state index in [-0.39, 0.29) is 24.2 Å². The lowest BCUT2D eigenvalue weighted by atomic mass is 10.2. The van der Waals surface area contributed by atoms with E-state index in [4.69, 9.17) is 9.15 Å². The molecule has 0 aliphatic heterocycles. The van der Waals surface area contributed by atoms with Crippen molar-refractivity contribution in [1.82, 2.24) is 20.3 Å². The summed E-state index contributed by atoms with van der Waals surface area (Å²) in [6, 6.07) is 9.27. The van der Waals surface area contributed by atoms with Crippen molar-refractivity contribution in [2.45, 2.75) is 26.5 Å². The first-order valence-corrected chi connectivity index (χ1v) is 9.61. The number of rotatable bonds is 6. The summed E-state index contributed by atoms with van der Waals surface area (Å²) >= 11 is 1.51. The van der Waals surface area contributed by atoms with Crippen LogP contribution in [0.1, 0.15) is 40.0 Å². The third-order valence-electron chi connectivity index (χ3n) is 4.08. The summed E-state index contributed by atoms with van der Waals surface area (Å²) in [4.78, 5) is 25.2. The number of fused-ring (bicyclic) bond motifs is 1. The Kier molecular flexibility index (Phi) is 5.03. The van der Waals surface area contributed by atoms with E-state index < -0.39 is 0 Å². The Hall–Kier alpha value is -3.26. The molecule has 142 valence electrons. The number of hydrogen-bond acceptors (Lipinski definition) is 7. The molecule has 1 atom stereocenters. The van der Waals surface area contributed by atoms with Crippen molar-refractivity contribution in [2.24, 2.45) is 0 Å². The van der Waals surface area contributed by atoms with Gasteiger partial charge in [0, 0.05) is 22.7 Å². The fraction of sp³-hybridized carbons (Fsp3) is 0.200. The molecule has 1 N–H and O–H groups in total. The predicted molar refractivity (Wildman–Crippen MR) is 105 cm³/mol. The highest BCUT2D eigenvalue weighted by Gasteiger charge is 2.17. The molecule has 3 aromatic heterocycles. The quantitative estimate of drug-likeness (QED) is 0.530. The average molecular weight is 394 g/mol. The topological polar surface area (TPSA) is 90.1 Å². The maximum Gasteiger partial charge on any atom is 0.273 e. The van der Waals surface area contributed by atoms with Crippen LogP contribution in [-0.4, -0.2) is 20.9 Å². The van der Waals surface area contributed by atoms with Crippen LogP contribution < -0.4 is 10.1 Å². The average Bonchev–Trinajstić information content (AvgIpc) is 3.35. The lowest BCUT2D eigenvalue weighted by Gasteiger charge is -2.09. The molecular weight excluding hydrogens is 376 g/mol. The molecule has 3 heterocycles. The number of oxazole rings is 1. The largest absolute Gasteiger partial charge is 0.484 e. The zero-order valence-corrected chi connectivity index (χ0v) is 16.2. The number of pyridine rings is 1. The number of aryl methyl sites for hydroxylation is 1. The van der Waals surface area contributed by atoms with E-state index in [1.807, 2.05) is 49.6 Å². The molecule has 1 aromatic carbocycles. The number of amides is 1. The summed E-state index contributed by atoms with van der Waals surface area (Å²) < 4.78 is 11.1. The van der Waals surface area contributed by atoms with Gasteiger partial charge in [-0.1, -0.05) is 6.07 Å². The SMILES string of the molecule is Cc1csc([C@@H](C)NC(=O)c2coc(COc3ccc4ncccc4c3)n2)n1. The van der Waals surface area contributed by atoms with Gasteiger partial charge in [0.05, 0.1) is 11.6 Å². The first-order chi connectivity index (χ1) is 13.6. The van der Waals surface area contributed by atoms with E-state index in [0.717, 1.165) is 21.6 Å². The minimum absolute atomic E-state index is 0.125. The van der Waals surface area contributed by atoms with Crippen molar-refractivity contribution >= 4 is 28.1 Å². The number of carbonyl (C=O) groups is 1. The zero-order valence-electron chi connectivity index (χ0n) is 15.4. The lowest BCUT2D eigenvalue weighted by molar-refractivity contribution is 0.0934. The summed E-state index contributed by atoms with van der Waals surface area (Å²) in [7, 11) is 0. The molecule has 0 spiro atoms. The Bertz CT molecular complexity index is 1120. The molecule has 8 heteroatoms. The minimum Gasteiger partial charge on any atom is -0.484 e. The smallest absolute Gasteiger partial charge is 0.273 e. The van der Waals surface area contributed by atoms with Gasteiger partial charge in [-0.15, -0.1) is 11.3 Å². The maximum absolute atomic E-state index is 12.4. The Balaban J connectivity index is 1.37. The van der Waals surface area contributed by atoms with E-state index in [1.54, 1.807) is 6.20 Å². The molecule has 0 aliphatic rings. The molecule has 4 aromatic rings. The molecular formula is C20H18N4O3S. The Morgan fingerprint density at radius 3 is 3.04 bits per heavy atom. The summed E-state index contributed by atoms with van der Waals surface area (Å²) in [6.07, 6.45) is 3.08. The highest BCUT2D eigenvalue weighted by atomic mass is 32.1. The van der Waals surface area contributed by atoms with Crippen LogP contribution in [0.5, 0.6) is 5.75 Å². The number of nitrogens with zero attached hydrogens (tertiary/aromatic N) is 3. The van der Waals surface area contributed by atoms with E-state index in [9.17, 15) is 4.79 Å². The number of nitrogens with one attached hydrogen (secondary N) is 1. The number of thiazole rings is 1. The van der Waals surface area contributed by atoms with Crippen LogP contribution >= 0.6 is 11.3 Å². The molecule has 0 bridgehead atoms. The monoisotopic (exact) mass is 394 g/mol. The van der Waals surface area contributed by atoms with Crippen LogP contribution in [0.2, 0.25) is 0 Å². The lowest BCUT2D eigenvalue weighted by Crippen LogP contribution is -2.26. The van der Waals surface area contributed by atoms with E-state index >= 15 is 0 Å². The molecule has 0 aliphatic carbocycles. The zero-order chi connectivity index (χ0) is 19.5. The van der Waals surface area contributed by atoms with Gasteiger partial charge in [0.25, 0.3) is 5.91 Å². The van der Waals surface area contributed by atoms with Crippen LogP contribution in [0, 0.1) is 6.92 Å². The Labute approximate surface area is 165 Å². The van der Waals surface area contributed by atoms with Gasteiger partial charge in [-0.3, -0.25) is 9.78 Å². The molecule has 1 amide bonds. The molecule has 28 heavy (non-hydrogen) atoms. The van der Waals surface area contributed by atoms with Crippen LogP contribution in [0.15, 0.2) is 52.6 Å². The molecule has 0 fully saturated rings. The molecule has 0 saturated heterocycles. The first-order valence-electron chi connectivity index (χ1n) is 8.73. The van der Waals surface area contributed by atoms with Gasteiger partial charge in [-0.05, 0) is 38.1 Å². The van der Waals surface area contributed by atoms with Gasteiger partial charge in [-0.25, -0.2) is 9.97 Å². The summed E-state index contributed by atoms with van der Waals surface area (Å²) in [5, 5.41) is 6.66. The van der Waals surface area contributed by atoms with Crippen molar-refractivity contribution in [3.8, 4) is 5.75 Å². The van der Waals surface area contributed by atoms with Crippen LogP contribution in [0.25, 0.3) is 10.9 Å².